The fourth-order valence-electron chi connectivity index (χ4n) is 5.46. The number of pyridine rings is 2. The first-order valence-corrected chi connectivity index (χ1v) is 13.6. The van der Waals surface area contributed by atoms with Crippen molar-refractivity contribution in [2.24, 2.45) is 0 Å². The van der Waals surface area contributed by atoms with Crippen molar-refractivity contribution in [3.63, 3.8) is 0 Å². The number of nitrogens with two attached hydrogens (primary N) is 1. The maximum Gasteiger partial charge on any atom is 0.271 e. The second kappa shape index (κ2) is 10.2. The molecule has 1 aliphatic heterocycles. The number of nitrogens with zero attached hydrogens (tertiary/aromatic N) is 5. The lowest BCUT2D eigenvalue weighted by atomic mass is 10.1. The summed E-state index contributed by atoms with van der Waals surface area (Å²) in [6.45, 7) is 2.27. The zero-order valence-electron chi connectivity index (χ0n) is 22.8. The van der Waals surface area contributed by atoms with E-state index in [4.69, 9.17) is 20.4 Å². The third kappa shape index (κ3) is 4.38. The van der Waals surface area contributed by atoms with E-state index in [0.29, 0.717) is 11.6 Å². The van der Waals surface area contributed by atoms with Gasteiger partial charge in [0.2, 0.25) is 0 Å². The molecular formula is C32H27N7O3. The molecule has 1 aliphatic rings. The number of aromatic nitrogens is 4. The molecule has 208 valence electrons. The molecule has 1 saturated heterocycles. The Morgan fingerprint density at radius 2 is 1.71 bits per heavy atom. The summed E-state index contributed by atoms with van der Waals surface area (Å²) >= 11 is 0. The quantitative estimate of drug-likeness (QED) is 0.270. The van der Waals surface area contributed by atoms with Crippen molar-refractivity contribution in [1.82, 2.24) is 24.4 Å². The van der Waals surface area contributed by atoms with Crippen LogP contribution in [0.3, 0.4) is 0 Å². The molecule has 3 aromatic carbocycles. The van der Waals surface area contributed by atoms with E-state index in [9.17, 15) is 9.59 Å². The third-order valence-corrected chi connectivity index (χ3v) is 7.63. The van der Waals surface area contributed by atoms with Crippen molar-refractivity contribution in [2.75, 3.05) is 31.2 Å². The van der Waals surface area contributed by atoms with Gasteiger partial charge < -0.3 is 15.8 Å². The Hall–Kier alpha value is -5.35. The highest BCUT2D eigenvalue weighted by Gasteiger charge is 2.31. The van der Waals surface area contributed by atoms with Gasteiger partial charge in [0.1, 0.15) is 17.0 Å². The lowest BCUT2D eigenvalue weighted by Crippen LogP contribution is -2.55. The lowest BCUT2D eigenvalue weighted by Gasteiger charge is -2.40. The number of imidazole rings is 1. The minimum atomic E-state index is -0.567. The summed E-state index contributed by atoms with van der Waals surface area (Å²) in [7, 11) is 1.40. The first-order valence-electron chi connectivity index (χ1n) is 13.6. The summed E-state index contributed by atoms with van der Waals surface area (Å²) in [6.07, 6.45) is 1.67. The van der Waals surface area contributed by atoms with Gasteiger partial charge in [0, 0.05) is 37.1 Å². The van der Waals surface area contributed by atoms with Gasteiger partial charge in [0.15, 0.2) is 17.2 Å². The molecule has 0 bridgehead atoms. The summed E-state index contributed by atoms with van der Waals surface area (Å²) in [5.41, 5.74) is 11.7. The molecule has 0 aliphatic carbocycles. The molecule has 0 unspecified atom stereocenters. The fraction of sp³-hybridized carbons (Fsp3) is 0.156. The van der Waals surface area contributed by atoms with Crippen LogP contribution in [0.25, 0.3) is 39.5 Å². The predicted molar refractivity (Wildman–Crippen MR) is 163 cm³/mol. The topological polar surface area (TPSA) is 128 Å². The standard InChI is InChI=1S/C32H27N7O3/c1-42-29-26(27(40)28(29)41)35-21-17-38(18-21)16-19-9-11-22(12-10-19)39-31(23-8-5-15-34-30(23)33)37-25-14-13-24(36-32(25)39)20-6-3-2-4-7-20/h2-15,21,35H,16-18H2,1H3,(H2,33,34). The number of rotatable bonds is 8. The second-order valence-electron chi connectivity index (χ2n) is 10.4. The van der Waals surface area contributed by atoms with Crippen LogP contribution < -0.4 is 26.6 Å². The van der Waals surface area contributed by atoms with Crippen LogP contribution in [0.2, 0.25) is 0 Å². The minimum Gasteiger partial charge on any atom is -0.491 e. The van der Waals surface area contributed by atoms with Crippen LogP contribution in [0.4, 0.5) is 11.5 Å². The highest BCUT2D eigenvalue weighted by Crippen LogP contribution is 2.32. The zero-order chi connectivity index (χ0) is 28.8. The van der Waals surface area contributed by atoms with Crippen molar-refractivity contribution in [3.05, 3.63) is 111 Å². The van der Waals surface area contributed by atoms with Crippen LogP contribution >= 0.6 is 0 Å². The maximum atomic E-state index is 11.8. The minimum absolute atomic E-state index is 0.0937. The molecule has 3 N–H and O–H groups in total. The van der Waals surface area contributed by atoms with Crippen LogP contribution in [0.15, 0.2) is 94.6 Å². The third-order valence-electron chi connectivity index (χ3n) is 7.63. The van der Waals surface area contributed by atoms with Crippen LogP contribution in [0, 0.1) is 0 Å². The first-order chi connectivity index (χ1) is 20.5. The number of likely N-dealkylation sites (tertiary alicyclic amines) is 1. The van der Waals surface area contributed by atoms with Gasteiger partial charge in [-0.3, -0.25) is 19.1 Å². The van der Waals surface area contributed by atoms with Crippen LogP contribution in [0.1, 0.15) is 5.56 Å². The maximum absolute atomic E-state index is 11.8. The van der Waals surface area contributed by atoms with E-state index in [1.54, 1.807) is 6.20 Å². The average molecular weight is 558 g/mol. The summed E-state index contributed by atoms with van der Waals surface area (Å²) in [5, 5.41) is 3.15. The van der Waals surface area contributed by atoms with E-state index in [1.807, 2.05) is 59.2 Å². The van der Waals surface area contributed by atoms with Gasteiger partial charge >= 0.3 is 0 Å². The number of ether oxygens (including phenoxy) is 1. The van der Waals surface area contributed by atoms with Crippen molar-refractivity contribution in [2.45, 2.75) is 12.6 Å². The number of nitrogen functional groups attached to an aromatic ring is 1. The molecule has 0 saturated carbocycles. The molecule has 0 atom stereocenters. The lowest BCUT2D eigenvalue weighted by molar-refractivity contribution is 0.153. The molecule has 0 amide bonds. The molecule has 42 heavy (non-hydrogen) atoms. The number of anilines is 2. The normalized spacial score (nSPS) is 13.8. The highest BCUT2D eigenvalue weighted by atomic mass is 16.5. The van der Waals surface area contributed by atoms with Crippen LogP contribution in [-0.4, -0.2) is 50.7 Å². The number of nitrogens with one attached hydrogen (secondary N) is 1. The van der Waals surface area contributed by atoms with Gasteiger partial charge in [-0.2, -0.15) is 0 Å². The Balaban J connectivity index is 1.16. The zero-order valence-corrected chi connectivity index (χ0v) is 22.8. The fourth-order valence-corrected chi connectivity index (χ4v) is 5.46. The van der Waals surface area contributed by atoms with E-state index >= 15 is 0 Å². The molecule has 10 heteroatoms. The SMILES string of the molecule is COc1c(NC2CN(Cc3ccc(-n4c(-c5cccnc5N)nc5ccc(-c6ccccc6)nc54)cc3)C2)c(=O)c1=O. The van der Waals surface area contributed by atoms with Gasteiger partial charge in [-0.25, -0.2) is 15.0 Å². The summed E-state index contributed by atoms with van der Waals surface area (Å²) < 4.78 is 7.05. The summed E-state index contributed by atoms with van der Waals surface area (Å²) in [4.78, 5) is 39.9. The number of benzene rings is 2. The molecular weight excluding hydrogens is 530 g/mol. The average Bonchev–Trinajstić information content (AvgIpc) is 3.38. The van der Waals surface area contributed by atoms with Gasteiger partial charge in [0.05, 0.1) is 24.4 Å². The smallest absolute Gasteiger partial charge is 0.271 e. The van der Waals surface area contributed by atoms with E-state index in [2.05, 4.69) is 39.5 Å². The van der Waals surface area contributed by atoms with Crippen molar-refractivity contribution >= 4 is 22.7 Å². The number of methoxy groups -OCH3 is 1. The summed E-state index contributed by atoms with van der Waals surface area (Å²) in [6, 6.07) is 26.2. The Morgan fingerprint density at radius 1 is 0.929 bits per heavy atom. The van der Waals surface area contributed by atoms with Crippen molar-refractivity contribution in [1.29, 1.82) is 0 Å². The monoisotopic (exact) mass is 557 g/mol. The molecule has 3 aromatic heterocycles. The largest absolute Gasteiger partial charge is 0.491 e. The second-order valence-corrected chi connectivity index (χ2v) is 10.4. The van der Waals surface area contributed by atoms with E-state index < -0.39 is 10.9 Å². The van der Waals surface area contributed by atoms with Gasteiger partial charge in [-0.05, 0) is 42.0 Å². The van der Waals surface area contributed by atoms with E-state index in [1.165, 1.54) is 7.11 Å². The van der Waals surface area contributed by atoms with E-state index in [-0.39, 0.29) is 17.5 Å². The number of fused-ring (bicyclic) bond motifs is 1. The Bertz CT molecular complexity index is 1990. The number of hydrogen-bond acceptors (Lipinski definition) is 9. The summed E-state index contributed by atoms with van der Waals surface area (Å²) in [5.74, 6) is 1.20. The van der Waals surface area contributed by atoms with Gasteiger partial charge in [-0.15, -0.1) is 0 Å². The van der Waals surface area contributed by atoms with Crippen molar-refractivity contribution < 1.29 is 4.74 Å². The molecule has 0 spiro atoms. The molecule has 4 heterocycles. The molecule has 6 aromatic rings. The van der Waals surface area contributed by atoms with Gasteiger partial charge in [-0.1, -0.05) is 42.5 Å². The predicted octanol–water partition coefficient (Wildman–Crippen LogP) is 3.63. The Morgan fingerprint density at radius 3 is 2.45 bits per heavy atom. The Labute approximate surface area is 240 Å². The van der Waals surface area contributed by atoms with Crippen molar-refractivity contribution in [3.8, 4) is 34.1 Å². The van der Waals surface area contributed by atoms with Crippen LogP contribution in [0.5, 0.6) is 5.75 Å². The van der Waals surface area contributed by atoms with Crippen LogP contribution in [-0.2, 0) is 6.54 Å². The van der Waals surface area contributed by atoms with Gasteiger partial charge in [0.25, 0.3) is 10.9 Å². The molecule has 0 radical (unpaired) electrons. The van der Waals surface area contributed by atoms with E-state index in [0.717, 1.165) is 58.9 Å². The highest BCUT2D eigenvalue weighted by molar-refractivity contribution is 5.84. The Kier molecular flexibility index (Phi) is 6.24. The molecule has 1 fully saturated rings. The molecule has 7 rings (SSSR count). The number of hydrogen-bond donors (Lipinski definition) is 2. The molecule has 10 nitrogen and oxygen atoms in total. The first kappa shape index (κ1) is 25.6.